The Morgan fingerprint density at radius 1 is 1.31 bits per heavy atom. The van der Waals surface area contributed by atoms with E-state index in [1.807, 2.05) is 24.3 Å². The summed E-state index contributed by atoms with van der Waals surface area (Å²) in [6, 6.07) is 7.78. The molecule has 0 saturated carbocycles. The molecule has 26 heavy (non-hydrogen) atoms. The molecule has 1 unspecified atom stereocenters. The number of hydrogen-bond acceptors (Lipinski definition) is 6. The monoisotopic (exact) mass is 469 g/mol. The van der Waals surface area contributed by atoms with Crippen LogP contribution in [0, 0.1) is 0 Å². The topological polar surface area (TPSA) is 108 Å². The van der Waals surface area contributed by atoms with Crippen LogP contribution in [0.1, 0.15) is 42.8 Å². The number of unbranched alkanes of at least 4 members (excludes halogenated alkanes) is 1. The predicted molar refractivity (Wildman–Crippen MR) is 103 cm³/mol. The maximum absolute atomic E-state index is 10.7. The molecule has 2 N–H and O–H groups in total. The molecule has 9 heteroatoms. The molecule has 1 aromatic carbocycles. The van der Waals surface area contributed by atoms with Gasteiger partial charge in [-0.3, -0.25) is 10.0 Å². The van der Waals surface area contributed by atoms with Crippen molar-refractivity contribution < 1.29 is 14.4 Å². The summed E-state index contributed by atoms with van der Waals surface area (Å²) in [4.78, 5) is 18.5. The van der Waals surface area contributed by atoms with Crippen molar-refractivity contribution >= 4 is 40.0 Å². The summed E-state index contributed by atoms with van der Waals surface area (Å²) in [7, 11) is 0. The van der Waals surface area contributed by atoms with Gasteiger partial charge >= 0.3 is 0 Å². The number of rotatable bonds is 10. The number of nitrogens with zero attached hydrogens (tertiary/aromatic N) is 4. The number of aromatic amines is 1. The molecule has 1 atom stereocenters. The lowest BCUT2D eigenvalue weighted by Gasteiger charge is -2.16. The van der Waals surface area contributed by atoms with Gasteiger partial charge in [-0.1, -0.05) is 41.1 Å². The number of halogens is 1. The van der Waals surface area contributed by atoms with Gasteiger partial charge in [0, 0.05) is 0 Å². The Morgan fingerprint density at radius 3 is 2.92 bits per heavy atom. The number of hydroxylamine groups is 2. The van der Waals surface area contributed by atoms with Crippen LogP contribution in [0.4, 0.5) is 0 Å². The first-order valence-corrected chi connectivity index (χ1v) is 9.95. The van der Waals surface area contributed by atoms with E-state index in [-0.39, 0.29) is 12.5 Å². The number of imidazole rings is 1. The Bertz CT molecular complexity index is 817. The molecule has 0 aliphatic carbocycles. The smallest absolute Gasteiger partial charge is 0.233 e. The highest BCUT2D eigenvalue weighted by atomic mass is 127. The fourth-order valence-corrected chi connectivity index (χ4v) is 3.32. The number of hydrogen-bond donors (Lipinski definition) is 2. The van der Waals surface area contributed by atoms with Crippen LogP contribution < -0.4 is 0 Å². The Morgan fingerprint density at radius 2 is 2.15 bits per heavy atom. The minimum absolute atomic E-state index is 0.136. The molecule has 0 saturated heterocycles. The van der Waals surface area contributed by atoms with Crippen molar-refractivity contribution in [1.29, 1.82) is 0 Å². The molecule has 2 heterocycles. The van der Waals surface area contributed by atoms with Gasteiger partial charge < -0.3 is 9.40 Å². The fourth-order valence-electron chi connectivity index (χ4n) is 2.78. The zero-order valence-electron chi connectivity index (χ0n) is 14.1. The Balaban J connectivity index is 1.71. The van der Waals surface area contributed by atoms with Crippen molar-refractivity contribution in [3.8, 4) is 0 Å². The van der Waals surface area contributed by atoms with Crippen LogP contribution in [0.15, 0.2) is 28.7 Å². The average Bonchev–Trinajstić information content (AvgIpc) is 3.27. The Labute approximate surface area is 164 Å². The molecular formula is C17H20IN5O3. The van der Waals surface area contributed by atoms with Crippen molar-refractivity contribution in [2.75, 3.05) is 11.0 Å². The number of benzene rings is 1. The minimum atomic E-state index is -0.190. The zero-order chi connectivity index (χ0) is 18.4. The second-order valence-corrected chi connectivity index (χ2v) is 7.10. The number of carbonyl (C=O) groups is 1. The second kappa shape index (κ2) is 9.08. The molecular weight excluding hydrogens is 449 g/mol. The van der Waals surface area contributed by atoms with Crippen LogP contribution in [0.25, 0.3) is 11.0 Å². The number of aromatic nitrogens is 4. The summed E-state index contributed by atoms with van der Waals surface area (Å²) in [6.07, 6.45) is 3.57. The van der Waals surface area contributed by atoms with E-state index in [0.29, 0.717) is 29.7 Å². The number of carbonyl (C=O) groups excluding carboxylic acids is 1. The maximum atomic E-state index is 10.7. The van der Waals surface area contributed by atoms with E-state index in [0.717, 1.165) is 40.5 Å². The molecule has 0 aliphatic heterocycles. The van der Waals surface area contributed by atoms with E-state index in [1.165, 1.54) is 0 Å². The van der Waals surface area contributed by atoms with Gasteiger partial charge in [0.15, 0.2) is 0 Å². The Kier molecular flexibility index (Phi) is 6.56. The highest BCUT2D eigenvalue weighted by Gasteiger charge is 2.21. The molecule has 0 radical (unpaired) electrons. The quantitative estimate of drug-likeness (QED) is 0.118. The fraction of sp³-hybridized carbons (Fsp3) is 0.412. The first kappa shape index (κ1) is 18.8. The van der Waals surface area contributed by atoms with Crippen molar-refractivity contribution in [2.45, 2.75) is 31.6 Å². The number of fused-ring (bicyclic) bond motifs is 1. The SMILES string of the molecule is O=CN(O)CC(CCCCI)c1nnc(Cc2nc3ccccc3[nH]2)o1. The number of H-pyrrole nitrogens is 1. The van der Waals surface area contributed by atoms with Crippen molar-refractivity contribution in [3.63, 3.8) is 0 Å². The van der Waals surface area contributed by atoms with E-state index >= 15 is 0 Å². The lowest BCUT2D eigenvalue weighted by atomic mass is 10.0. The normalized spacial score (nSPS) is 12.4. The number of nitrogens with one attached hydrogen (secondary N) is 1. The number of amides is 1. The molecule has 8 nitrogen and oxygen atoms in total. The van der Waals surface area contributed by atoms with Gasteiger partial charge in [0.1, 0.15) is 5.82 Å². The molecule has 0 aliphatic rings. The third-order valence-corrected chi connectivity index (χ3v) is 4.82. The molecule has 3 aromatic rings. The first-order valence-electron chi connectivity index (χ1n) is 8.42. The van der Waals surface area contributed by atoms with Gasteiger partial charge in [-0.05, 0) is 29.4 Å². The molecule has 0 bridgehead atoms. The summed E-state index contributed by atoms with van der Waals surface area (Å²) in [6.45, 7) is 0.136. The molecule has 3 rings (SSSR count). The van der Waals surface area contributed by atoms with Gasteiger partial charge in [0.05, 0.1) is 29.9 Å². The average molecular weight is 469 g/mol. The Hall–Kier alpha value is -2.01. The number of alkyl halides is 1. The van der Waals surface area contributed by atoms with E-state index in [1.54, 1.807) is 0 Å². The van der Waals surface area contributed by atoms with Gasteiger partial charge in [-0.25, -0.2) is 10.0 Å². The molecule has 2 aromatic heterocycles. The highest BCUT2D eigenvalue weighted by Crippen LogP contribution is 2.23. The van der Waals surface area contributed by atoms with E-state index in [9.17, 15) is 10.0 Å². The van der Waals surface area contributed by atoms with Crippen molar-refractivity contribution in [2.24, 2.45) is 0 Å². The maximum Gasteiger partial charge on any atom is 0.233 e. The molecule has 1 amide bonds. The van der Waals surface area contributed by atoms with Crippen molar-refractivity contribution in [3.05, 3.63) is 41.9 Å². The molecule has 138 valence electrons. The van der Waals surface area contributed by atoms with Gasteiger partial charge in [0.25, 0.3) is 0 Å². The molecule has 0 spiro atoms. The summed E-state index contributed by atoms with van der Waals surface area (Å²) < 4.78 is 6.84. The second-order valence-electron chi connectivity index (χ2n) is 6.02. The lowest BCUT2D eigenvalue weighted by Crippen LogP contribution is -2.24. The van der Waals surface area contributed by atoms with Gasteiger partial charge in [-0.2, -0.15) is 0 Å². The van der Waals surface area contributed by atoms with E-state index in [4.69, 9.17) is 4.42 Å². The van der Waals surface area contributed by atoms with Crippen LogP contribution in [-0.4, -0.2) is 47.8 Å². The lowest BCUT2D eigenvalue weighted by molar-refractivity contribution is -0.151. The van der Waals surface area contributed by atoms with E-state index < -0.39 is 0 Å². The summed E-state index contributed by atoms with van der Waals surface area (Å²) in [5.41, 5.74) is 1.85. The third-order valence-electron chi connectivity index (χ3n) is 4.05. The van der Waals surface area contributed by atoms with Crippen LogP contribution in [-0.2, 0) is 11.2 Å². The predicted octanol–water partition coefficient (Wildman–Crippen LogP) is 3.07. The first-order chi connectivity index (χ1) is 12.7. The highest BCUT2D eigenvalue weighted by molar-refractivity contribution is 14.1. The van der Waals surface area contributed by atoms with Crippen LogP contribution in [0.2, 0.25) is 0 Å². The van der Waals surface area contributed by atoms with E-state index in [2.05, 4.69) is 42.8 Å². The number of para-hydroxylation sites is 2. The van der Waals surface area contributed by atoms with Crippen molar-refractivity contribution in [1.82, 2.24) is 25.2 Å². The summed E-state index contributed by atoms with van der Waals surface area (Å²) >= 11 is 2.33. The van der Waals surface area contributed by atoms with Gasteiger partial charge in [-0.15, -0.1) is 10.2 Å². The standard InChI is InChI=1S/C17H20IN5O3/c18-8-4-3-5-12(10-23(25)11-24)17-22-21-16(26-17)9-15-19-13-6-1-2-7-14(13)20-15/h1-2,6-7,11-12,25H,3-5,8-10H2,(H,19,20). The summed E-state index contributed by atoms with van der Waals surface area (Å²) in [5, 5.41) is 18.4. The van der Waals surface area contributed by atoms with Crippen LogP contribution in [0.3, 0.4) is 0 Å². The van der Waals surface area contributed by atoms with Crippen LogP contribution >= 0.6 is 22.6 Å². The zero-order valence-corrected chi connectivity index (χ0v) is 16.3. The molecule has 0 fully saturated rings. The van der Waals surface area contributed by atoms with Gasteiger partial charge in [0.2, 0.25) is 18.2 Å². The van der Waals surface area contributed by atoms with Crippen LogP contribution in [0.5, 0.6) is 0 Å². The minimum Gasteiger partial charge on any atom is -0.424 e. The summed E-state index contributed by atoms with van der Waals surface area (Å²) in [5.74, 6) is 1.45. The largest absolute Gasteiger partial charge is 0.424 e. The third kappa shape index (κ3) is 4.79.